The van der Waals surface area contributed by atoms with E-state index in [1.165, 1.54) is 11.3 Å². The SMILES string of the molecule is COCc1nc(OC)c2c(C)c(C(=O)NC(C)C(c3ccccc3)c3ccccc3)sc2n1. The number of hydrogen-bond acceptors (Lipinski definition) is 6. The Morgan fingerprint density at radius 2 is 1.61 bits per heavy atom. The van der Waals surface area contributed by atoms with E-state index in [0.717, 1.165) is 22.1 Å². The number of nitrogens with zero attached hydrogens (tertiary/aromatic N) is 2. The number of hydrogen-bond donors (Lipinski definition) is 1. The van der Waals surface area contributed by atoms with Crippen LogP contribution in [0.1, 0.15) is 45.0 Å². The molecule has 4 rings (SSSR count). The molecule has 2 aromatic carbocycles. The molecule has 170 valence electrons. The number of methoxy groups -OCH3 is 2. The highest BCUT2D eigenvalue weighted by Crippen LogP contribution is 2.35. The van der Waals surface area contributed by atoms with Crippen LogP contribution in [0.2, 0.25) is 0 Å². The van der Waals surface area contributed by atoms with Crippen LogP contribution in [0.4, 0.5) is 0 Å². The first-order valence-corrected chi connectivity index (χ1v) is 11.6. The van der Waals surface area contributed by atoms with Crippen LogP contribution < -0.4 is 10.1 Å². The minimum atomic E-state index is -0.135. The number of benzene rings is 2. The van der Waals surface area contributed by atoms with Gasteiger partial charge in [0.15, 0.2) is 5.82 Å². The number of ether oxygens (including phenoxy) is 2. The number of carbonyl (C=O) groups is 1. The number of thiophene rings is 1. The third kappa shape index (κ3) is 4.74. The fourth-order valence-corrected chi connectivity index (χ4v) is 5.24. The molecule has 2 aromatic heterocycles. The van der Waals surface area contributed by atoms with Gasteiger partial charge in [0, 0.05) is 19.1 Å². The Balaban J connectivity index is 1.67. The molecule has 0 spiro atoms. The van der Waals surface area contributed by atoms with Crippen LogP contribution >= 0.6 is 11.3 Å². The van der Waals surface area contributed by atoms with Crippen molar-refractivity contribution in [3.63, 3.8) is 0 Å². The summed E-state index contributed by atoms with van der Waals surface area (Å²) < 4.78 is 10.7. The van der Waals surface area contributed by atoms with E-state index in [1.54, 1.807) is 14.2 Å². The molecule has 0 aliphatic carbocycles. The Morgan fingerprint density at radius 3 is 2.15 bits per heavy atom. The third-order valence-corrected chi connectivity index (χ3v) is 6.84. The fourth-order valence-electron chi connectivity index (χ4n) is 4.15. The topological polar surface area (TPSA) is 73.3 Å². The molecule has 2 heterocycles. The van der Waals surface area contributed by atoms with E-state index in [4.69, 9.17) is 9.47 Å². The molecular weight excluding hydrogens is 434 g/mol. The molecule has 0 aliphatic rings. The molecule has 0 saturated heterocycles. The van der Waals surface area contributed by atoms with E-state index in [9.17, 15) is 4.79 Å². The van der Waals surface area contributed by atoms with Gasteiger partial charge < -0.3 is 14.8 Å². The van der Waals surface area contributed by atoms with Gasteiger partial charge in [-0.2, -0.15) is 4.98 Å². The summed E-state index contributed by atoms with van der Waals surface area (Å²) in [5.41, 5.74) is 3.12. The molecule has 6 nitrogen and oxygen atoms in total. The largest absolute Gasteiger partial charge is 0.480 e. The maximum Gasteiger partial charge on any atom is 0.261 e. The van der Waals surface area contributed by atoms with Gasteiger partial charge in [0.1, 0.15) is 11.4 Å². The summed E-state index contributed by atoms with van der Waals surface area (Å²) in [4.78, 5) is 23.7. The summed E-state index contributed by atoms with van der Waals surface area (Å²) in [6.45, 7) is 4.23. The molecule has 1 amide bonds. The zero-order valence-electron chi connectivity index (χ0n) is 19.2. The van der Waals surface area contributed by atoms with Gasteiger partial charge >= 0.3 is 0 Å². The van der Waals surface area contributed by atoms with Crippen molar-refractivity contribution in [1.82, 2.24) is 15.3 Å². The molecule has 1 N–H and O–H groups in total. The molecule has 0 saturated carbocycles. The zero-order valence-corrected chi connectivity index (χ0v) is 20.0. The quantitative estimate of drug-likeness (QED) is 0.395. The average molecular weight is 462 g/mol. The van der Waals surface area contributed by atoms with E-state index in [2.05, 4.69) is 39.6 Å². The van der Waals surface area contributed by atoms with Crippen molar-refractivity contribution >= 4 is 27.5 Å². The molecule has 1 unspecified atom stereocenters. The second-order valence-electron chi connectivity index (χ2n) is 7.88. The van der Waals surface area contributed by atoms with Gasteiger partial charge in [-0.25, -0.2) is 4.98 Å². The maximum absolute atomic E-state index is 13.4. The minimum Gasteiger partial charge on any atom is -0.480 e. The van der Waals surface area contributed by atoms with Crippen molar-refractivity contribution in [1.29, 1.82) is 0 Å². The lowest BCUT2D eigenvalue weighted by atomic mass is 9.86. The minimum absolute atomic E-state index is 0.0219. The first-order chi connectivity index (χ1) is 16.0. The first-order valence-electron chi connectivity index (χ1n) is 10.8. The Hall–Kier alpha value is -3.29. The predicted molar refractivity (Wildman–Crippen MR) is 131 cm³/mol. The van der Waals surface area contributed by atoms with Crippen molar-refractivity contribution < 1.29 is 14.3 Å². The number of carbonyl (C=O) groups excluding carboxylic acids is 1. The molecule has 0 fully saturated rings. The lowest BCUT2D eigenvalue weighted by Gasteiger charge is -2.26. The maximum atomic E-state index is 13.4. The van der Waals surface area contributed by atoms with Gasteiger partial charge in [0.25, 0.3) is 5.91 Å². The standard InChI is InChI=1S/C26H27N3O3S/c1-16-21-25(32-4)28-20(15-31-3)29-26(21)33-23(16)24(30)27-17(2)22(18-11-7-5-8-12-18)19-13-9-6-10-14-19/h5-14,17,22H,15H2,1-4H3,(H,27,30). The molecule has 33 heavy (non-hydrogen) atoms. The lowest BCUT2D eigenvalue weighted by molar-refractivity contribution is 0.0940. The van der Waals surface area contributed by atoms with Crippen LogP contribution in [0.5, 0.6) is 5.88 Å². The van der Waals surface area contributed by atoms with Gasteiger partial charge in [0.05, 0.1) is 17.4 Å². The first kappa shape index (κ1) is 22.9. The molecule has 0 radical (unpaired) electrons. The Kier molecular flexibility index (Phi) is 7.01. The van der Waals surface area contributed by atoms with Crippen molar-refractivity contribution in [3.8, 4) is 5.88 Å². The summed E-state index contributed by atoms with van der Waals surface area (Å²) in [5, 5.41) is 4.00. The smallest absolute Gasteiger partial charge is 0.261 e. The van der Waals surface area contributed by atoms with Crippen LogP contribution in [0.15, 0.2) is 60.7 Å². The summed E-state index contributed by atoms with van der Waals surface area (Å²) in [7, 11) is 3.16. The molecule has 1 atom stereocenters. The predicted octanol–water partition coefficient (Wildman–Crippen LogP) is 5.11. The van der Waals surface area contributed by atoms with E-state index < -0.39 is 0 Å². The normalized spacial score (nSPS) is 12.2. The van der Waals surface area contributed by atoms with Crippen LogP contribution in [0, 0.1) is 6.92 Å². The van der Waals surface area contributed by atoms with Crippen molar-refractivity contribution in [2.75, 3.05) is 14.2 Å². The Morgan fingerprint density at radius 1 is 1.00 bits per heavy atom. The molecule has 0 aliphatic heterocycles. The van der Waals surface area contributed by atoms with Gasteiger partial charge in [-0.1, -0.05) is 60.7 Å². The number of nitrogens with one attached hydrogen (secondary N) is 1. The monoisotopic (exact) mass is 461 g/mol. The fraction of sp³-hybridized carbons (Fsp3) is 0.269. The van der Waals surface area contributed by atoms with E-state index in [1.807, 2.05) is 50.2 Å². The number of aromatic nitrogens is 2. The van der Waals surface area contributed by atoms with Crippen molar-refractivity contribution in [2.45, 2.75) is 32.4 Å². The van der Waals surface area contributed by atoms with Gasteiger partial charge in [-0.15, -0.1) is 11.3 Å². The average Bonchev–Trinajstić information content (AvgIpc) is 3.17. The highest BCUT2D eigenvalue weighted by Gasteiger charge is 2.26. The Labute approximate surface area is 197 Å². The summed E-state index contributed by atoms with van der Waals surface area (Å²) in [6.07, 6.45) is 0. The van der Waals surface area contributed by atoms with Gasteiger partial charge in [-0.05, 0) is 30.5 Å². The third-order valence-electron chi connectivity index (χ3n) is 5.65. The van der Waals surface area contributed by atoms with Crippen LogP contribution in [-0.4, -0.2) is 36.1 Å². The zero-order chi connectivity index (χ0) is 23.4. The summed E-state index contributed by atoms with van der Waals surface area (Å²) >= 11 is 1.35. The summed E-state index contributed by atoms with van der Waals surface area (Å²) in [5.74, 6) is 0.875. The van der Waals surface area contributed by atoms with E-state index in [0.29, 0.717) is 21.4 Å². The number of aryl methyl sites for hydroxylation is 1. The lowest BCUT2D eigenvalue weighted by Crippen LogP contribution is -2.37. The Bertz CT molecular complexity index is 1200. The highest BCUT2D eigenvalue weighted by molar-refractivity contribution is 7.20. The van der Waals surface area contributed by atoms with Crippen LogP contribution in [0.3, 0.4) is 0 Å². The molecular formula is C26H27N3O3S. The molecule has 7 heteroatoms. The van der Waals surface area contributed by atoms with E-state index in [-0.39, 0.29) is 24.5 Å². The van der Waals surface area contributed by atoms with E-state index >= 15 is 0 Å². The number of fused-ring (bicyclic) bond motifs is 1. The van der Waals surface area contributed by atoms with Crippen molar-refractivity contribution in [2.24, 2.45) is 0 Å². The number of rotatable bonds is 8. The number of amides is 1. The van der Waals surface area contributed by atoms with Gasteiger partial charge in [-0.3, -0.25) is 4.79 Å². The summed E-state index contributed by atoms with van der Waals surface area (Å²) in [6, 6.07) is 20.4. The van der Waals surface area contributed by atoms with Crippen LogP contribution in [0.25, 0.3) is 10.2 Å². The highest BCUT2D eigenvalue weighted by atomic mass is 32.1. The van der Waals surface area contributed by atoms with Crippen molar-refractivity contribution in [3.05, 3.63) is 88.1 Å². The second kappa shape index (κ2) is 10.1. The molecule has 4 aromatic rings. The second-order valence-corrected chi connectivity index (χ2v) is 8.88. The van der Waals surface area contributed by atoms with Gasteiger partial charge in [0.2, 0.25) is 5.88 Å². The molecule has 0 bridgehead atoms. The van der Waals surface area contributed by atoms with Crippen LogP contribution in [-0.2, 0) is 11.3 Å².